The van der Waals surface area contributed by atoms with E-state index in [1.54, 1.807) is 17.5 Å². The number of ether oxygens (including phenoxy) is 1. The zero-order chi connectivity index (χ0) is 12.7. The summed E-state index contributed by atoms with van der Waals surface area (Å²) < 4.78 is 30.6. The van der Waals surface area contributed by atoms with Crippen LogP contribution in [0.3, 0.4) is 0 Å². The van der Waals surface area contributed by atoms with Gasteiger partial charge in [-0.1, -0.05) is 6.07 Å². The van der Waals surface area contributed by atoms with Gasteiger partial charge in [-0.25, -0.2) is 13.1 Å². The SMILES string of the molecule is COC(=O)CCCCNS(=O)(=O)c1cccs1. The van der Waals surface area contributed by atoms with Gasteiger partial charge in [-0.3, -0.25) is 4.79 Å². The topological polar surface area (TPSA) is 72.5 Å². The molecule has 0 aliphatic carbocycles. The quantitative estimate of drug-likeness (QED) is 0.603. The maximum Gasteiger partial charge on any atom is 0.305 e. The molecule has 0 aliphatic rings. The fourth-order valence-electron chi connectivity index (χ4n) is 1.19. The Kier molecular flexibility index (Phi) is 5.60. The Hall–Kier alpha value is -0.920. The Balaban J connectivity index is 2.25. The lowest BCUT2D eigenvalue weighted by atomic mass is 10.2. The Morgan fingerprint density at radius 2 is 2.24 bits per heavy atom. The molecule has 1 rings (SSSR count). The molecule has 1 aromatic heterocycles. The molecule has 1 N–H and O–H groups in total. The van der Waals surface area contributed by atoms with E-state index < -0.39 is 10.0 Å². The molecule has 0 saturated heterocycles. The third-order valence-corrected chi connectivity index (χ3v) is 4.95. The van der Waals surface area contributed by atoms with Crippen molar-refractivity contribution >= 4 is 27.3 Å². The van der Waals surface area contributed by atoms with Gasteiger partial charge in [0.25, 0.3) is 0 Å². The largest absolute Gasteiger partial charge is 0.469 e. The number of nitrogens with one attached hydrogen (secondary N) is 1. The van der Waals surface area contributed by atoms with Gasteiger partial charge in [0.15, 0.2) is 0 Å². The second-order valence-electron chi connectivity index (χ2n) is 3.36. The molecule has 0 unspecified atom stereocenters. The third kappa shape index (κ3) is 4.84. The lowest BCUT2D eigenvalue weighted by molar-refractivity contribution is -0.140. The van der Waals surface area contributed by atoms with Crippen molar-refractivity contribution in [2.24, 2.45) is 0 Å². The summed E-state index contributed by atoms with van der Waals surface area (Å²) in [5, 5.41) is 1.71. The van der Waals surface area contributed by atoms with Crippen molar-refractivity contribution in [2.75, 3.05) is 13.7 Å². The fraction of sp³-hybridized carbons (Fsp3) is 0.500. The van der Waals surface area contributed by atoms with Gasteiger partial charge < -0.3 is 4.74 Å². The van der Waals surface area contributed by atoms with Gasteiger partial charge >= 0.3 is 5.97 Å². The second-order valence-corrected chi connectivity index (χ2v) is 6.30. The van der Waals surface area contributed by atoms with Gasteiger partial charge in [0, 0.05) is 13.0 Å². The summed E-state index contributed by atoms with van der Waals surface area (Å²) in [6.45, 7) is 0.331. The number of sulfonamides is 1. The molecule has 96 valence electrons. The van der Waals surface area contributed by atoms with Gasteiger partial charge in [0.05, 0.1) is 7.11 Å². The molecule has 0 spiro atoms. The highest BCUT2D eigenvalue weighted by molar-refractivity contribution is 7.91. The first-order valence-electron chi connectivity index (χ1n) is 5.16. The fourth-order valence-corrected chi connectivity index (χ4v) is 3.30. The molecule has 0 aromatic carbocycles. The predicted octanol–water partition coefficient (Wildman–Crippen LogP) is 1.37. The summed E-state index contributed by atoms with van der Waals surface area (Å²) in [7, 11) is -2.04. The molecule has 0 aliphatic heterocycles. The highest BCUT2D eigenvalue weighted by Gasteiger charge is 2.13. The number of unbranched alkanes of at least 4 members (excludes halogenated alkanes) is 1. The van der Waals surface area contributed by atoms with Crippen LogP contribution >= 0.6 is 11.3 Å². The van der Waals surface area contributed by atoms with Crippen LogP contribution < -0.4 is 4.72 Å². The molecule has 7 heteroatoms. The zero-order valence-electron chi connectivity index (χ0n) is 9.51. The van der Waals surface area contributed by atoms with Crippen molar-refractivity contribution in [3.8, 4) is 0 Å². The molecule has 5 nitrogen and oxygen atoms in total. The highest BCUT2D eigenvalue weighted by atomic mass is 32.2. The van der Waals surface area contributed by atoms with E-state index in [1.807, 2.05) is 0 Å². The van der Waals surface area contributed by atoms with Crippen LogP contribution in [0.2, 0.25) is 0 Å². The number of hydrogen-bond acceptors (Lipinski definition) is 5. The monoisotopic (exact) mass is 277 g/mol. The summed E-state index contributed by atoms with van der Waals surface area (Å²) in [6.07, 6.45) is 1.54. The van der Waals surface area contributed by atoms with Crippen LogP contribution in [-0.2, 0) is 19.6 Å². The standard InChI is InChI=1S/C10H15NO4S2/c1-15-9(12)5-2-3-7-11-17(13,14)10-6-4-8-16-10/h4,6,8,11H,2-3,5,7H2,1H3. The first kappa shape index (κ1) is 14.1. The Labute approximate surface area is 105 Å². The number of rotatable bonds is 7. The molecule has 1 aromatic rings. The van der Waals surface area contributed by atoms with Crippen molar-refractivity contribution in [2.45, 2.75) is 23.5 Å². The summed E-state index contributed by atoms with van der Waals surface area (Å²) in [5.74, 6) is -0.272. The van der Waals surface area contributed by atoms with Crippen LogP contribution in [0.25, 0.3) is 0 Å². The van der Waals surface area contributed by atoms with E-state index in [-0.39, 0.29) is 5.97 Å². The normalized spacial score (nSPS) is 11.4. The Bertz CT molecular complexity index is 439. The first-order chi connectivity index (χ1) is 8.06. The average Bonchev–Trinajstić information content (AvgIpc) is 2.82. The number of carbonyl (C=O) groups excluding carboxylic acids is 1. The number of hydrogen-bond donors (Lipinski definition) is 1. The van der Waals surface area contributed by atoms with Crippen LogP contribution in [-0.4, -0.2) is 28.0 Å². The third-order valence-electron chi connectivity index (χ3n) is 2.09. The van der Waals surface area contributed by atoms with E-state index in [0.717, 1.165) is 0 Å². The number of thiophene rings is 1. The number of carbonyl (C=O) groups is 1. The van der Waals surface area contributed by atoms with E-state index in [1.165, 1.54) is 18.4 Å². The van der Waals surface area contributed by atoms with Gasteiger partial charge in [-0.05, 0) is 24.3 Å². The maximum absolute atomic E-state index is 11.7. The molecule has 0 radical (unpaired) electrons. The minimum absolute atomic E-state index is 0.272. The van der Waals surface area contributed by atoms with Gasteiger partial charge in [-0.2, -0.15) is 0 Å². The minimum Gasteiger partial charge on any atom is -0.469 e. The van der Waals surface area contributed by atoms with E-state index in [2.05, 4.69) is 9.46 Å². The Morgan fingerprint density at radius 3 is 2.82 bits per heavy atom. The van der Waals surface area contributed by atoms with Gasteiger partial charge in [-0.15, -0.1) is 11.3 Å². The average molecular weight is 277 g/mol. The smallest absolute Gasteiger partial charge is 0.305 e. The lowest BCUT2D eigenvalue weighted by Crippen LogP contribution is -2.24. The van der Waals surface area contributed by atoms with Gasteiger partial charge in [0.1, 0.15) is 4.21 Å². The van der Waals surface area contributed by atoms with Gasteiger partial charge in [0.2, 0.25) is 10.0 Å². The zero-order valence-corrected chi connectivity index (χ0v) is 11.1. The van der Waals surface area contributed by atoms with E-state index >= 15 is 0 Å². The second kappa shape index (κ2) is 6.73. The van der Waals surface area contributed by atoms with E-state index in [9.17, 15) is 13.2 Å². The molecule has 1 heterocycles. The van der Waals surface area contributed by atoms with Crippen LogP contribution in [0.15, 0.2) is 21.7 Å². The molecule has 0 amide bonds. The summed E-state index contributed by atoms with van der Waals surface area (Å²) in [4.78, 5) is 10.8. The highest BCUT2D eigenvalue weighted by Crippen LogP contribution is 2.15. The van der Waals surface area contributed by atoms with Crippen LogP contribution in [0.5, 0.6) is 0 Å². The first-order valence-corrected chi connectivity index (χ1v) is 7.52. The molecular formula is C10H15NO4S2. The minimum atomic E-state index is -3.37. The van der Waals surface area contributed by atoms with E-state index in [4.69, 9.17) is 0 Å². The van der Waals surface area contributed by atoms with Crippen molar-refractivity contribution in [3.63, 3.8) is 0 Å². The molecular weight excluding hydrogens is 262 g/mol. The summed E-state index contributed by atoms with van der Waals surface area (Å²) in [6, 6.07) is 3.25. The van der Waals surface area contributed by atoms with Crippen molar-refractivity contribution in [1.29, 1.82) is 0 Å². The molecule has 0 atom stereocenters. The maximum atomic E-state index is 11.7. The summed E-state index contributed by atoms with van der Waals surface area (Å²) >= 11 is 1.18. The van der Waals surface area contributed by atoms with E-state index in [0.29, 0.717) is 30.0 Å². The summed E-state index contributed by atoms with van der Waals surface area (Å²) in [5.41, 5.74) is 0. The number of methoxy groups -OCH3 is 1. The molecule has 0 saturated carbocycles. The molecule has 0 fully saturated rings. The predicted molar refractivity (Wildman–Crippen MR) is 65.4 cm³/mol. The van der Waals surface area contributed by atoms with Crippen LogP contribution in [0, 0.1) is 0 Å². The van der Waals surface area contributed by atoms with Crippen LogP contribution in [0.4, 0.5) is 0 Å². The van der Waals surface area contributed by atoms with Crippen molar-refractivity contribution in [1.82, 2.24) is 4.72 Å². The molecule has 0 bridgehead atoms. The number of esters is 1. The van der Waals surface area contributed by atoms with Crippen molar-refractivity contribution in [3.05, 3.63) is 17.5 Å². The van der Waals surface area contributed by atoms with Crippen LogP contribution in [0.1, 0.15) is 19.3 Å². The van der Waals surface area contributed by atoms with Crippen molar-refractivity contribution < 1.29 is 17.9 Å². The lowest BCUT2D eigenvalue weighted by Gasteiger charge is -2.04. The molecule has 17 heavy (non-hydrogen) atoms. The Morgan fingerprint density at radius 1 is 1.47 bits per heavy atom.